The zero-order valence-corrected chi connectivity index (χ0v) is 10.4. The predicted octanol–water partition coefficient (Wildman–Crippen LogP) is 1.49. The topological polar surface area (TPSA) is 47.3 Å². The Morgan fingerprint density at radius 1 is 1.24 bits per heavy atom. The average Bonchev–Trinajstić information content (AvgIpc) is 2.81. The molecule has 1 heterocycles. The van der Waals surface area contributed by atoms with Gasteiger partial charge in [-0.15, -0.1) is 0 Å². The van der Waals surface area contributed by atoms with Crippen molar-refractivity contribution in [3.05, 3.63) is 29.3 Å². The van der Waals surface area contributed by atoms with Gasteiger partial charge in [0.2, 0.25) is 0 Å². The lowest BCUT2D eigenvalue weighted by Crippen LogP contribution is -2.19. The fraction of sp³-hybridized carbons (Fsp3) is 0.571. The maximum atomic E-state index is 5.50. The molecule has 0 aromatic heterocycles. The van der Waals surface area contributed by atoms with Crippen LogP contribution in [0.1, 0.15) is 24.0 Å². The second-order valence-electron chi connectivity index (χ2n) is 4.54. The van der Waals surface area contributed by atoms with E-state index in [9.17, 15) is 0 Å². The van der Waals surface area contributed by atoms with E-state index in [-0.39, 0.29) is 0 Å². The molecular formula is C14H22N2O. The summed E-state index contributed by atoms with van der Waals surface area (Å²) in [6.45, 7) is 3.76. The Morgan fingerprint density at radius 2 is 2.18 bits per heavy atom. The first-order valence-corrected chi connectivity index (χ1v) is 6.55. The molecule has 0 saturated heterocycles. The molecule has 0 radical (unpaired) electrons. The molecule has 2 rings (SSSR count). The van der Waals surface area contributed by atoms with Crippen LogP contribution in [-0.2, 0) is 12.8 Å². The van der Waals surface area contributed by atoms with E-state index in [4.69, 9.17) is 10.5 Å². The maximum absolute atomic E-state index is 5.50. The Labute approximate surface area is 103 Å². The van der Waals surface area contributed by atoms with Crippen LogP contribution in [0.3, 0.4) is 0 Å². The van der Waals surface area contributed by atoms with Crippen molar-refractivity contribution >= 4 is 0 Å². The zero-order valence-electron chi connectivity index (χ0n) is 10.4. The highest BCUT2D eigenvalue weighted by Gasteiger charge is 2.11. The number of ether oxygens (including phenoxy) is 1. The van der Waals surface area contributed by atoms with Gasteiger partial charge < -0.3 is 15.8 Å². The highest BCUT2D eigenvalue weighted by atomic mass is 16.5. The molecule has 0 fully saturated rings. The highest BCUT2D eigenvalue weighted by Crippen LogP contribution is 2.25. The van der Waals surface area contributed by atoms with E-state index in [0.717, 1.165) is 51.3 Å². The van der Waals surface area contributed by atoms with Gasteiger partial charge in [0.15, 0.2) is 0 Å². The SMILES string of the molecule is NCCCCNCCc1ccc2c(c1)CCO2. The van der Waals surface area contributed by atoms with Crippen LogP contribution in [0, 0.1) is 0 Å². The molecule has 0 aliphatic carbocycles. The summed E-state index contributed by atoms with van der Waals surface area (Å²) in [6.07, 6.45) is 4.45. The van der Waals surface area contributed by atoms with Crippen molar-refractivity contribution in [3.63, 3.8) is 0 Å². The van der Waals surface area contributed by atoms with Crippen LogP contribution in [0.4, 0.5) is 0 Å². The van der Waals surface area contributed by atoms with Crippen LogP contribution < -0.4 is 15.8 Å². The Hall–Kier alpha value is -1.06. The number of hydrogen-bond donors (Lipinski definition) is 2. The maximum Gasteiger partial charge on any atom is 0.122 e. The van der Waals surface area contributed by atoms with Gasteiger partial charge in [0.05, 0.1) is 6.61 Å². The van der Waals surface area contributed by atoms with Crippen molar-refractivity contribution in [2.45, 2.75) is 25.7 Å². The van der Waals surface area contributed by atoms with Gasteiger partial charge in [-0.05, 0) is 56.1 Å². The summed E-state index contributed by atoms with van der Waals surface area (Å²) < 4.78 is 5.50. The molecule has 3 heteroatoms. The van der Waals surface area contributed by atoms with Gasteiger partial charge in [0.1, 0.15) is 5.75 Å². The molecule has 3 nitrogen and oxygen atoms in total. The summed E-state index contributed by atoms with van der Waals surface area (Å²) in [7, 11) is 0. The van der Waals surface area contributed by atoms with Crippen LogP contribution in [-0.4, -0.2) is 26.2 Å². The number of fused-ring (bicyclic) bond motifs is 1. The van der Waals surface area contributed by atoms with E-state index in [1.165, 1.54) is 17.5 Å². The molecular weight excluding hydrogens is 212 g/mol. The normalized spacial score (nSPS) is 13.5. The first-order valence-electron chi connectivity index (χ1n) is 6.55. The van der Waals surface area contributed by atoms with Gasteiger partial charge in [-0.25, -0.2) is 0 Å². The first kappa shape index (κ1) is 12.4. The molecule has 0 spiro atoms. The van der Waals surface area contributed by atoms with Crippen LogP contribution in [0.2, 0.25) is 0 Å². The number of benzene rings is 1. The minimum absolute atomic E-state index is 0.798. The third-order valence-corrected chi connectivity index (χ3v) is 3.15. The summed E-state index contributed by atoms with van der Waals surface area (Å²) in [5, 5.41) is 3.45. The monoisotopic (exact) mass is 234 g/mol. The fourth-order valence-electron chi connectivity index (χ4n) is 2.15. The van der Waals surface area contributed by atoms with Crippen molar-refractivity contribution in [3.8, 4) is 5.75 Å². The molecule has 94 valence electrons. The van der Waals surface area contributed by atoms with E-state index in [0.29, 0.717) is 0 Å². The molecule has 1 aromatic carbocycles. The van der Waals surface area contributed by atoms with Crippen molar-refractivity contribution in [1.29, 1.82) is 0 Å². The standard InChI is InChI=1S/C14H22N2O/c15-7-1-2-8-16-9-5-12-3-4-14-13(11-12)6-10-17-14/h3-4,11,16H,1-2,5-10,15H2. The zero-order chi connectivity index (χ0) is 11.9. The van der Waals surface area contributed by atoms with E-state index < -0.39 is 0 Å². The Morgan fingerprint density at radius 3 is 3.06 bits per heavy atom. The van der Waals surface area contributed by atoms with E-state index in [1.807, 2.05) is 0 Å². The van der Waals surface area contributed by atoms with Crippen molar-refractivity contribution < 1.29 is 4.74 Å². The molecule has 3 N–H and O–H groups in total. The summed E-state index contributed by atoms with van der Waals surface area (Å²) >= 11 is 0. The van der Waals surface area contributed by atoms with Crippen LogP contribution in [0.5, 0.6) is 5.75 Å². The molecule has 1 aromatic rings. The van der Waals surface area contributed by atoms with Crippen LogP contribution in [0.25, 0.3) is 0 Å². The molecule has 0 amide bonds. The predicted molar refractivity (Wildman–Crippen MR) is 70.5 cm³/mol. The number of rotatable bonds is 7. The molecule has 1 aliphatic heterocycles. The van der Waals surface area contributed by atoms with Crippen LogP contribution in [0.15, 0.2) is 18.2 Å². The van der Waals surface area contributed by atoms with E-state index >= 15 is 0 Å². The minimum Gasteiger partial charge on any atom is -0.493 e. The molecule has 0 bridgehead atoms. The smallest absolute Gasteiger partial charge is 0.122 e. The third kappa shape index (κ3) is 3.72. The average molecular weight is 234 g/mol. The quantitative estimate of drug-likeness (QED) is 0.703. The number of hydrogen-bond acceptors (Lipinski definition) is 3. The van der Waals surface area contributed by atoms with Gasteiger partial charge >= 0.3 is 0 Å². The Bertz CT molecular complexity index is 352. The van der Waals surface area contributed by atoms with Crippen molar-refractivity contribution in [1.82, 2.24) is 5.32 Å². The number of nitrogens with two attached hydrogens (primary N) is 1. The second kappa shape index (κ2) is 6.62. The summed E-state index contributed by atoms with van der Waals surface area (Å²) in [6, 6.07) is 6.56. The van der Waals surface area contributed by atoms with E-state index in [1.54, 1.807) is 0 Å². The third-order valence-electron chi connectivity index (χ3n) is 3.15. The number of nitrogens with one attached hydrogen (secondary N) is 1. The molecule has 17 heavy (non-hydrogen) atoms. The summed E-state index contributed by atoms with van der Waals surface area (Å²) in [4.78, 5) is 0. The highest BCUT2D eigenvalue weighted by molar-refractivity contribution is 5.39. The minimum atomic E-state index is 0.798. The molecule has 0 saturated carbocycles. The van der Waals surface area contributed by atoms with Crippen molar-refractivity contribution in [2.75, 3.05) is 26.2 Å². The lowest BCUT2D eigenvalue weighted by atomic mass is 10.1. The lowest BCUT2D eigenvalue weighted by molar-refractivity contribution is 0.357. The van der Waals surface area contributed by atoms with Gasteiger partial charge in [-0.2, -0.15) is 0 Å². The van der Waals surface area contributed by atoms with Gasteiger partial charge in [-0.3, -0.25) is 0 Å². The lowest BCUT2D eigenvalue weighted by Gasteiger charge is -2.06. The summed E-state index contributed by atoms with van der Waals surface area (Å²) in [5.74, 6) is 1.07. The molecule has 0 unspecified atom stereocenters. The fourth-order valence-corrected chi connectivity index (χ4v) is 2.15. The molecule has 0 atom stereocenters. The number of unbranched alkanes of at least 4 members (excludes halogenated alkanes) is 1. The first-order chi connectivity index (χ1) is 8.40. The van der Waals surface area contributed by atoms with Crippen LogP contribution >= 0.6 is 0 Å². The second-order valence-corrected chi connectivity index (χ2v) is 4.54. The van der Waals surface area contributed by atoms with Crippen molar-refractivity contribution in [2.24, 2.45) is 5.73 Å². The summed E-state index contributed by atoms with van der Waals surface area (Å²) in [5.41, 5.74) is 8.22. The van der Waals surface area contributed by atoms with Gasteiger partial charge in [-0.1, -0.05) is 12.1 Å². The van der Waals surface area contributed by atoms with Gasteiger partial charge in [0.25, 0.3) is 0 Å². The molecule has 1 aliphatic rings. The Balaban J connectivity index is 1.69. The Kier molecular flexibility index (Phi) is 4.83. The van der Waals surface area contributed by atoms with E-state index in [2.05, 4.69) is 23.5 Å². The van der Waals surface area contributed by atoms with Gasteiger partial charge in [0, 0.05) is 6.42 Å². The largest absolute Gasteiger partial charge is 0.493 e.